The van der Waals surface area contributed by atoms with E-state index in [2.05, 4.69) is 5.32 Å². The van der Waals surface area contributed by atoms with E-state index in [-0.39, 0.29) is 18.2 Å². The number of benzene rings is 3. The van der Waals surface area contributed by atoms with E-state index >= 15 is 0 Å². The van der Waals surface area contributed by atoms with E-state index in [9.17, 15) is 9.59 Å². The van der Waals surface area contributed by atoms with Gasteiger partial charge in [-0.3, -0.25) is 9.59 Å². The van der Waals surface area contributed by atoms with E-state index in [0.29, 0.717) is 39.5 Å². The highest BCUT2D eigenvalue weighted by molar-refractivity contribution is 6.22. The Labute approximate surface area is 174 Å². The molecule has 0 heterocycles. The van der Waals surface area contributed by atoms with Gasteiger partial charge in [-0.15, -0.1) is 0 Å². The lowest BCUT2D eigenvalue weighted by Crippen LogP contribution is -2.23. The van der Waals surface area contributed by atoms with Gasteiger partial charge in [0.05, 0.1) is 33.4 Å². The number of hydrogen-bond acceptors (Lipinski definition) is 5. The quantitative estimate of drug-likeness (QED) is 0.529. The largest absolute Gasteiger partial charge is 0.496 e. The topological polar surface area (TPSA) is 73.9 Å². The minimum atomic E-state index is -0.290. The van der Waals surface area contributed by atoms with E-state index < -0.39 is 0 Å². The highest BCUT2D eigenvalue weighted by Gasteiger charge is 2.27. The molecule has 152 valence electrons. The Bertz CT molecular complexity index is 1130. The summed E-state index contributed by atoms with van der Waals surface area (Å²) in [7, 11) is 4.65. The molecule has 0 atom stereocenters. The minimum absolute atomic E-state index is 0.0613. The molecule has 4 rings (SSSR count). The Balaban J connectivity index is 1.57. The molecular weight excluding hydrogens is 382 g/mol. The van der Waals surface area contributed by atoms with E-state index in [1.165, 1.54) is 0 Å². The van der Waals surface area contributed by atoms with Crippen LogP contribution < -0.4 is 19.5 Å². The molecule has 6 heteroatoms. The fourth-order valence-electron chi connectivity index (χ4n) is 3.69. The summed E-state index contributed by atoms with van der Waals surface area (Å²) in [6, 6.07) is 16.1. The van der Waals surface area contributed by atoms with Gasteiger partial charge in [0.2, 0.25) is 0 Å². The number of fused-ring (bicyclic) bond motifs is 3. The number of ketones is 1. The molecule has 0 aliphatic heterocycles. The average Bonchev–Trinajstić information content (AvgIpc) is 3.08. The first-order chi connectivity index (χ1) is 14.6. The lowest BCUT2D eigenvalue weighted by atomic mass is 10.0. The molecule has 0 unspecified atom stereocenters. The van der Waals surface area contributed by atoms with Crippen LogP contribution in [0.2, 0.25) is 0 Å². The molecular formula is C24H21NO5. The summed E-state index contributed by atoms with van der Waals surface area (Å²) >= 11 is 0. The molecule has 0 aromatic heterocycles. The number of rotatable bonds is 6. The zero-order valence-corrected chi connectivity index (χ0v) is 16.9. The number of hydrogen-bond donors (Lipinski definition) is 1. The number of nitrogens with one attached hydrogen (secondary N) is 1. The molecule has 1 aliphatic carbocycles. The van der Waals surface area contributed by atoms with E-state index in [1.54, 1.807) is 51.7 Å². The second-order valence-electron chi connectivity index (χ2n) is 6.83. The maximum absolute atomic E-state index is 12.8. The molecule has 1 aliphatic rings. The van der Waals surface area contributed by atoms with Crippen LogP contribution in [0.4, 0.5) is 0 Å². The summed E-state index contributed by atoms with van der Waals surface area (Å²) in [4.78, 5) is 25.5. The third-order valence-corrected chi connectivity index (χ3v) is 5.23. The standard InChI is InChI=1S/C24H21NO5/c1-28-15-11-21(29-2)20(22(12-15)30-3)13-25-24(27)14-8-9-17-16-6-4-5-7-18(16)23(26)19(17)10-14/h4-12H,13H2,1-3H3,(H,25,27). The first-order valence-electron chi connectivity index (χ1n) is 9.42. The van der Waals surface area contributed by atoms with Gasteiger partial charge in [-0.05, 0) is 23.3 Å². The Morgan fingerprint density at radius 2 is 1.43 bits per heavy atom. The van der Waals surface area contributed by atoms with Gasteiger partial charge in [-0.2, -0.15) is 0 Å². The second-order valence-corrected chi connectivity index (χ2v) is 6.83. The summed E-state index contributed by atoms with van der Waals surface area (Å²) in [5, 5.41) is 2.88. The van der Waals surface area contributed by atoms with Crippen LogP contribution in [0.25, 0.3) is 11.1 Å². The molecule has 0 spiro atoms. The number of carbonyl (C=O) groups is 2. The SMILES string of the molecule is COc1cc(OC)c(CNC(=O)c2ccc3c(c2)C(=O)c2ccccc2-3)c(OC)c1. The zero-order chi connectivity index (χ0) is 21.3. The third kappa shape index (κ3) is 3.26. The van der Waals surface area contributed by atoms with Crippen LogP contribution in [0.3, 0.4) is 0 Å². The number of amides is 1. The van der Waals surface area contributed by atoms with Crippen molar-refractivity contribution in [2.75, 3.05) is 21.3 Å². The van der Waals surface area contributed by atoms with Crippen molar-refractivity contribution in [3.8, 4) is 28.4 Å². The summed E-state index contributed by atoms with van der Waals surface area (Å²) in [5.41, 5.74) is 4.07. The lowest BCUT2D eigenvalue weighted by Gasteiger charge is -2.15. The maximum Gasteiger partial charge on any atom is 0.251 e. The Hall–Kier alpha value is -3.80. The molecule has 1 amide bonds. The Morgan fingerprint density at radius 1 is 0.800 bits per heavy atom. The van der Waals surface area contributed by atoms with Gasteiger partial charge in [0, 0.05) is 28.8 Å². The smallest absolute Gasteiger partial charge is 0.251 e. The molecule has 3 aromatic rings. The van der Waals surface area contributed by atoms with Crippen LogP contribution in [-0.4, -0.2) is 33.0 Å². The van der Waals surface area contributed by atoms with Crippen LogP contribution >= 0.6 is 0 Å². The second kappa shape index (κ2) is 7.91. The van der Waals surface area contributed by atoms with Crippen LogP contribution in [0, 0.1) is 0 Å². The van der Waals surface area contributed by atoms with Crippen molar-refractivity contribution in [2.45, 2.75) is 6.54 Å². The first-order valence-corrected chi connectivity index (χ1v) is 9.42. The van der Waals surface area contributed by atoms with Crippen molar-refractivity contribution in [1.82, 2.24) is 5.32 Å². The molecule has 30 heavy (non-hydrogen) atoms. The zero-order valence-electron chi connectivity index (χ0n) is 16.9. The van der Waals surface area contributed by atoms with Crippen LogP contribution in [-0.2, 0) is 6.54 Å². The van der Waals surface area contributed by atoms with Gasteiger partial charge in [0.1, 0.15) is 17.2 Å². The van der Waals surface area contributed by atoms with Crippen molar-refractivity contribution in [3.63, 3.8) is 0 Å². The van der Waals surface area contributed by atoms with Crippen molar-refractivity contribution in [2.24, 2.45) is 0 Å². The van der Waals surface area contributed by atoms with Crippen LogP contribution in [0.5, 0.6) is 17.2 Å². The van der Waals surface area contributed by atoms with E-state index in [4.69, 9.17) is 14.2 Å². The Morgan fingerprint density at radius 3 is 2.07 bits per heavy atom. The first kappa shape index (κ1) is 19.5. The molecule has 0 saturated heterocycles. The minimum Gasteiger partial charge on any atom is -0.496 e. The van der Waals surface area contributed by atoms with Crippen molar-refractivity contribution >= 4 is 11.7 Å². The number of carbonyl (C=O) groups excluding carboxylic acids is 2. The highest BCUT2D eigenvalue weighted by atomic mass is 16.5. The van der Waals surface area contributed by atoms with Crippen LogP contribution in [0.15, 0.2) is 54.6 Å². The average molecular weight is 403 g/mol. The van der Waals surface area contributed by atoms with Gasteiger partial charge in [0.15, 0.2) is 5.78 Å². The summed E-state index contributed by atoms with van der Waals surface area (Å²) in [6.45, 7) is 0.195. The van der Waals surface area contributed by atoms with Gasteiger partial charge >= 0.3 is 0 Å². The fourth-order valence-corrected chi connectivity index (χ4v) is 3.69. The lowest BCUT2D eigenvalue weighted by molar-refractivity contribution is 0.0950. The normalized spacial score (nSPS) is 11.5. The van der Waals surface area contributed by atoms with Crippen molar-refractivity contribution in [3.05, 3.63) is 76.9 Å². The predicted octanol–water partition coefficient (Wildman–Crippen LogP) is 3.85. The van der Waals surface area contributed by atoms with E-state index in [1.807, 2.05) is 24.3 Å². The molecule has 1 N–H and O–H groups in total. The summed E-state index contributed by atoms with van der Waals surface area (Å²) in [6.07, 6.45) is 0. The van der Waals surface area contributed by atoms with Crippen molar-refractivity contribution in [1.29, 1.82) is 0 Å². The Kier molecular flexibility index (Phi) is 5.14. The molecule has 3 aromatic carbocycles. The molecule has 0 fully saturated rings. The van der Waals surface area contributed by atoms with Gasteiger partial charge in [0.25, 0.3) is 5.91 Å². The van der Waals surface area contributed by atoms with Crippen LogP contribution in [0.1, 0.15) is 31.8 Å². The summed E-state index contributed by atoms with van der Waals surface area (Å²) < 4.78 is 16.1. The van der Waals surface area contributed by atoms with E-state index in [0.717, 1.165) is 11.1 Å². The summed E-state index contributed by atoms with van der Waals surface area (Å²) in [5.74, 6) is 1.34. The monoisotopic (exact) mass is 403 g/mol. The maximum atomic E-state index is 12.8. The van der Waals surface area contributed by atoms with Gasteiger partial charge in [-0.25, -0.2) is 0 Å². The molecule has 6 nitrogen and oxygen atoms in total. The van der Waals surface area contributed by atoms with Crippen molar-refractivity contribution < 1.29 is 23.8 Å². The highest BCUT2D eigenvalue weighted by Crippen LogP contribution is 2.37. The molecule has 0 bridgehead atoms. The molecule has 0 saturated carbocycles. The third-order valence-electron chi connectivity index (χ3n) is 5.23. The van der Waals surface area contributed by atoms with Gasteiger partial charge < -0.3 is 19.5 Å². The number of methoxy groups -OCH3 is 3. The number of ether oxygens (including phenoxy) is 3. The predicted molar refractivity (Wildman–Crippen MR) is 113 cm³/mol. The fraction of sp³-hybridized carbons (Fsp3) is 0.167. The van der Waals surface area contributed by atoms with Gasteiger partial charge in [-0.1, -0.05) is 30.3 Å². The molecule has 0 radical (unpaired) electrons.